The Morgan fingerprint density at radius 2 is 2.06 bits per heavy atom. The average molecular weight is 257 g/mol. The van der Waals surface area contributed by atoms with Gasteiger partial charge in [-0.3, -0.25) is 0 Å². The molecule has 3 nitrogen and oxygen atoms in total. The molecule has 3 unspecified atom stereocenters. The average Bonchev–Trinajstić information content (AvgIpc) is 2.34. The normalized spacial score (nSPS) is 29.2. The molecule has 0 saturated heterocycles. The van der Waals surface area contributed by atoms with Crippen LogP contribution in [-0.4, -0.2) is 49.0 Å². The molecule has 0 aromatic heterocycles. The zero-order valence-electron chi connectivity index (χ0n) is 12.6. The van der Waals surface area contributed by atoms with Crippen LogP contribution in [-0.2, 0) is 4.74 Å². The summed E-state index contributed by atoms with van der Waals surface area (Å²) < 4.78 is 5.39. The predicted molar refractivity (Wildman–Crippen MR) is 75.7 cm³/mol. The van der Waals surface area contributed by atoms with Crippen molar-refractivity contribution in [2.24, 2.45) is 11.8 Å². The third kappa shape index (κ3) is 4.87. The summed E-state index contributed by atoms with van der Waals surface area (Å²) in [5.74, 6) is 1.43. The van der Waals surface area contributed by atoms with Gasteiger partial charge in [0.05, 0.1) is 6.10 Å². The van der Waals surface area contributed by atoms with Gasteiger partial charge in [-0.1, -0.05) is 13.8 Å². The van der Waals surface area contributed by atoms with E-state index in [-0.39, 0.29) is 6.10 Å². The fraction of sp³-hybridized carbons (Fsp3) is 1.00. The van der Waals surface area contributed by atoms with Crippen LogP contribution in [0.25, 0.3) is 0 Å². The van der Waals surface area contributed by atoms with Crippen molar-refractivity contribution in [1.82, 2.24) is 4.90 Å². The largest absolute Gasteiger partial charge is 0.393 e. The lowest BCUT2D eigenvalue weighted by atomic mass is 9.76. The Morgan fingerprint density at radius 3 is 2.67 bits per heavy atom. The third-order valence-corrected chi connectivity index (χ3v) is 4.27. The van der Waals surface area contributed by atoms with Gasteiger partial charge in [0.1, 0.15) is 0 Å². The molecule has 0 aliphatic heterocycles. The van der Waals surface area contributed by atoms with E-state index >= 15 is 0 Å². The molecule has 1 fully saturated rings. The van der Waals surface area contributed by atoms with Crippen molar-refractivity contribution in [2.75, 3.05) is 26.8 Å². The van der Waals surface area contributed by atoms with Gasteiger partial charge in [-0.15, -0.1) is 0 Å². The van der Waals surface area contributed by atoms with Crippen LogP contribution in [0.4, 0.5) is 0 Å². The molecule has 108 valence electrons. The topological polar surface area (TPSA) is 32.7 Å². The van der Waals surface area contributed by atoms with Crippen LogP contribution < -0.4 is 0 Å². The SMILES string of the molecule is CCOCCCN(C)C1CC(O)CCC1C(C)C. The lowest BCUT2D eigenvalue weighted by molar-refractivity contribution is 0.0187. The van der Waals surface area contributed by atoms with Gasteiger partial charge in [-0.2, -0.15) is 0 Å². The van der Waals surface area contributed by atoms with E-state index in [2.05, 4.69) is 25.8 Å². The van der Waals surface area contributed by atoms with Crippen LogP contribution in [0.15, 0.2) is 0 Å². The summed E-state index contributed by atoms with van der Waals surface area (Å²) in [6, 6.07) is 0.537. The molecule has 3 heteroatoms. The third-order valence-electron chi connectivity index (χ3n) is 4.27. The van der Waals surface area contributed by atoms with Crippen LogP contribution in [0.5, 0.6) is 0 Å². The van der Waals surface area contributed by atoms with Gasteiger partial charge in [0.15, 0.2) is 0 Å². The number of rotatable bonds is 7. The van der Waals surface area contributed by atoms with Crippen molar-refractivity contribution in [3.8, 4) is 0 Å². The lowest BCUT2D eigenvalue weighted by Gasteiger charge is -2.42. The van der Waals surface area contributed by atoms with Crippen LogP contribution >= 0.6 is 0 Å². The first kappa shape index (κ1) is 15.9. The first-order chi connectivity index (χ1) is 8.56. The molecule has 0 heterocycles. The van der Waals surface area contributed by atoms with Crippen molar-refractivity contribution in [3.63, 3.8) is 0 Å². The molecule has 0 radical (unpaired) electrons. The van der Waals surface area contributed by atoms with E-state index in [1.165, 1.54) is 6.42 Å². The van der Waals surface area contributed by atoms with Crippen molar-refractivity contribution in [2.45, 2.75) is 58.6 Å². The zero-order valence-corrected chi connectivity index (χ0v) is 12.6. The molecule has 3 atom stereocenters. The summed E-state index contributed by atoms with van der Waals surface area (Å²) in [5.41, 5.74) is 0. The maximum atomic E-state index is 9.89. The van der Waals surface area contributed by atoms with Crippen LogP contribution in [0.3, 0.4) is 0 Å². The maximum absolute atomic E-state index is 9.89. The molecule has 0 bridgehead atoms. The number of hydrogen-bond donors (Lipinski definition) is 1. The number of nitrogens with zero attached hydrogens (tertiary/aromatic N) is 1. The summed E-state index contributed by atoms with van der Waals surface area (Å²) in [5, 5.41) is 9.89. The van der Waals surface area contributed by atoms with E-state index in [1.54, 1.807) is 0 Å². The highest BCUT2D eigenvalue weighted by Gasteiger charge is 2.33. The molecule has 1 aliphatic rings. The van der Waals surface area contributed by atoms with E-state index in [1.807, 2.05) is 6.92 Å². The van der Waals surface area contributed by atoms with Gasteiger partial charge in [-0.25, -0.2) is 0 Å². The minimum Gasteiger partial charge on any atom is -0.393 e. The van der Waals surface area contributed by atoms with E-state index in [0.717, 1.165) is 44.9 Å². The highest BCUT2D eigenvalue weighted by molar-refractivity contribution is 4.87. The predicted octanol–water partition coefficient (Wildman–Crippen LogP) is 2.53. The lowest BCUT2D eigenvalue weighted by Crippen LogP contribution is -2.46. The molecule has 0 spiro atoms. The number of hydrogen-bond acceptors (Lipinski definition) is 3. The van der Waals surface area contributed by atoms with Crippen LogP contribution in [0.2, 0.25) is 0 Å². The van der Waals surface area contributed by atoms with E-state index in [4.69, 9.17) is 4.74 Å². The minimum absolute atomic E-state index is 0.0978. The van der Waals surface area contributed by atoms with Gasteiger partial charge in [-0.05, 0) is 51.5 Å². The minimum atomic E-state index is -0.0978. The fourth-order valence-corrected chi connectivity index (χ4v) is 3.16. The van der Waals surface area contributed by atoms with E-state index in [9.17, 15) is 5.11 Å². The first-order valence-electron chi connectivity index (χ1n) is 7.52. The molecule has 1 rings (SSSR count). The smallest absolute Gasteiger partial charge is 0.0555 e. The number of aliphatic hydroxyl groups is 1. The molecule has 18 heavy (non-hydrogen) atoms. The van der Waals surface area contributed by atoms with Crippen LogP contribution in [0.1, 0.15) is 46.5 Å². The molecular weight excluding hydrogens is 226 g/mol. The quantitative estimate of drug-likeness (QED) is 0.711. The van der Waals surface area contributed by atoms with Gasteiger partial charge in [0.2, 0.25) is 0 Å². The Hall–Kier alpha value is -0.120. The Bertz CT molecular complexity index is 221. The second-order valence-electron chi connectivity index (χ2n) is 5.97. The first-order valence-corrected chi connectivity index (χ1v) is 7.52. The molecule has 1 N–H and O–H groups in total. The monoisotopic (exact) mass is 257 g/mol. The maximum Gasteiger partial charge on any atom is 0.0555 e. The Labute approximate surface area is 113 Å². The molecule has 0 aromatic carbocycles. The van der Waals surface area contributed by atoms with Gasteiger partial charge in [0.25, 0.3) is 0 Å². The highest BCUT2D eigenvalue weighted by atomic mass is 16.5. The van der Waals surface area contributed by atoms with Crippen molar-refractivity contribution < 1.29 is 9.84 Å². The highest BCUT2D eigenvalue weighted by Crippen LogP contribution is 2.33. The molecular formula is C15H31NO2. The Morgan fingerprint density at radius 1 is 1.33 bits per heavy atom. The van der Waals surface area contributed by atoms with Crippen molar-refractivity contribution >= 4 is 0 Å². The van der Waals surface area contributed by atoms with E-state index in [0.29, 0.717) is 12.0 Å². The Kier molecular flexibility index (Phi) is 7.20. The molecule has 0 aromatic rings. The zero-order chi connectivity index (χ0) is 13.5. The van der Waals surface area contributed by atoms with Gasteiger partial charge < -0.3 is 14.7 Å². The second-order valence-corrected chi connectivity index (χ2v) is 5.97. The summed E-state index contributed by atoms with van der Waals surface area (Å²) >= 11 is 0. The molecule has 0 amide bonds. The molecule has 1 aliphatic carbocycles. The van der Waals surface area contributed by atoms with Gasteiger partial charge in [0, 0.05) is 25.8 Å². The summed E-state index contributed by atoms with van der Waals surface area (Å²) in [4.78, 5) is 2.44. The van der Waals surface area contributed by atoms with Crippen molar-refractivity contribution in [1.29, 1.82) is 0 Å². The number of ether oxygens (including phenoxy) is 1. The summed E-state index contributed by atoms with van der Waals surface area (Å²) in [6.07, 6.45) is 4.07. The number of aliphatic hydroxyl groups excluding tert-OH is 1. The summed E-state index contributed by atoms with van der Waals surface area (Å²) in [6.45, 7) is 9.38. The van der Waals surface area contributed by atoms with Crippen LogP contribution in [0, 0.1) is 11.8 Å². The molecule has 1 saturated carbocycles. The fourth-order valence-electron chi connectivity index (χ4n) is 3.16. The summed E-state index contributed by atoms with van der Waals surface area (Å²) in [7, 11) is 2.20. The van der Waals surface area contributed by atoms with Crippen molar-refractivity contribution in [3.05, 3.63) is 0 Å². The standard InChI is InChI=1S/C15H31NO2/c1-5-18-10-6-9-16(4)15-11-13(17)7-8-14(15)12(2)3/h12-15,17H,5-11H2,1-4H3. The second kappa shape index (κ2) is 8.13. The Balaban J connectivity index is 2.42. The van der Waals surface area contributed by atoms with Gasteiger partial charge >= 0.3 is 0 Å². The van der Waals surface area contributed by atoms with E-state index < -0.39 is 0 Å².